The first-order chi connectivity index (χ1) is 7.31. The van der Waals surface area contributed by atoms with Crippen LogP contribution in [0.5, 0.6) is 11.5 Å². The van der Waals surface area contributed by atoms with Crippen LogP contribution in [0.25, 0.3) is 4.85 Å². The van der Waals surface area contributed by atoms with Gasteiger partial charge in [-0.15, -0.1) is 0 Å². The zero-order valence-electron chi connectivity index (χ0n) is 9.12. The minimum atomic E-state index is 0.512. The van der Waals surface area contributed by atoms with E-state index >= 15 is 0 Å². The van der Waals surface area contributed by atoms with Gasteiger partial charge in [-0.25, -0.2) is 6.57 Å². The van der Waals surface area contributed by atoms with E-state index in [1.807, 2.05) is 25.1 Å². The SMILES string of the molecule is [C-]#[N+]CCc1ccc(OC)c(OCC)c1. The van der Waals surface area contributed by atoms with Crippen molar-refractivity contribution in [3.8, 4) is 11.5 Å². The molecule has 3 heteroatoms. The fraction of sp³-hybridized carbons (Fsp3) is 0.417. The highest BCUT2D eigenvalue weighted by atomic mass is 16.5. The van der Waals surface area contributed by atoms with Crippen LogP contribution >= 0.6 is 0 Å². The molecule has 0 N–H and O–H groups in total. The highest BCUT2D eigenvalue weighted by Gasteiger charge is 2.05. The summed E-state index contributed by atoms with van der Waals surface area (Å²) in [4.78, 5) is 3.33. The van der Waals surface area contributed by atoms with Gasteiger partial charge in [-0.05, 0) is 24.6 Å². The van der Waals surface area contributed by atoms with Gasteiger partial charge in [-0.1, -0.05) is 6.07 Å². The zero-order chi connectivity index (χ0) is 11.1. The standard InChI is InChI=1S/C12H15NO2/c1-4-15-12-9-10(7-8-13-2)5-6-11(12)14-3/h5-6,9H,4,7-8H2,1,3H3. The molecule has 0 heterocycles. The van der Waals surface area contributed by atoms with Crippen LogP contribution in [0.1, 0.15) is 12.5 Å². The van der Waals surface area contributed by atoms with Crippen LogP contribution in [0.15, 0.2) is 18.2 Å². The second-order valence-corrected chi connectivity index (χ2v) is 3.05. The largest absolute Gasteiger partial charge is 0.493 e. The fourth-order valence-electron chi connectivity index (χ4n) is 1.33. The first kappa shape index (κ1) is 11.4. The third kappa shape index (κ3) is 3.17. The molecule has 1 aromatic carbocycles. The predicted octanol–water partition coefficient (Wildman–Crippen LogP) is 2.56. The summed E-state index contributed by atoms with van der Waals surface area (Å²) in [5.74, 6) is 1.49. The molecule has 0 saturated heterocycles. The van der Waals surface area contributed by atoms with Crippen LogP contribution in [0.4, 0.5) is 0 Å². The molecular formula is C12H15NO2. The third-order valence-electron chi connectivity index (χ3n) is 2.04. The first-order valence-corrected chi connectivity index (χ1v) is 4.94. The Bertz CT molecular complexity index is 355. The van der Waals surface area contributed by atoms with Gasteiger partial charge < -0.3 is 14.3 Å². The Kier molecular flexibility index (Phi) is 4.49. The van der Waals surface area contributed by atoms with Gasteiger partial charge in [0.15, 0.2) is 11.5 Å². The molecule has 0 aliphatic heterocycles. The summed E-state index contributed by atoms with van der Waals surface area (Å²) in [6, 6.07) is 5.78. The number of rotatable bonds is 5. The van der Waals surface area contributed by atoms with E-state index in [1.165, 1.54) is 0 Å². The molecule has 0 aliphatic rings. The lowest BCUT2D eigenvalue weighted by molar-refractivity contribution is 0.310. The van der Waals surface area contributed by atoms with E-state index in [-0.39, 0.29) is 0 Å². The summed E-state index contributed by atoms with van der Waals surface area (Å²) in [5, 5.41) is 0. The van der Waals surface area contributed by atoms with E-state index in [4.69, 9.17) is 16.0 Å². The molecule has 0 aromatic heterocycles. The molecule has 1 rings (SSSR count). The Morgan fingerprint density at radius 2 is 2.13 bits per heavy atom. The summed E-state index contributed by atoms with van der Waals surface area (Å²) < 4.78 is 10.6. The highest BCUT2D eigenvalue weighted by Crippen LogP contribution is 2.28. The molecule has 1 aromatic rings. The monoisotopic (exact) mass is 205 g/mol. The molecule has 80 valence electrons. The third-order valence-corrected chi connectivity index (χ3v) is 2.04. The Morgan fingerprint density at radius 3 is 2.73 bits per heavy atom. The van der Waals surface area contributed by atoms with Crippen LogP contribution in [0.2, 0.25) is 0 Å². The summed E-state index contributed by atoms with van der Waals surface area (Å²) in [7, 11) is 1.62. The van der Waals surface area contributed by atoms with Crippen molar-refractivity contribution in [2.45, 2.75) is 13.3 Å². The van der Waals surface area contributed by atoms with Gasteiger partial charge in [0.05, 0.1) is 13.7 Å². The number of hydrogen-bond donors (Lipinski definition) is 0. The molecule has 0 bridgehead atoms. The maximum atomic E-state index is 6.73. The lowest BCUT2D eigenvalue weighted by Crippen LogP contribution is -1.97. The van der Waals surface area contributed by atoms with E-state index < -0.39 is 0 Å². The topological polar surface area (TPSA) is 22.8 Å². The Hall–Kier alpha value is -1.69. The van der Waals surface area contributed by atoms with Crippen molar-refractivity contribution in [1.82, 2.24) is 0 Å². The quantitative estimate of drug-likeness (QED) is 0.689. The molecule has 15 heavy (non-hydrogen) atoms. The van der Waals surface area contributed by atoms with Gasteiger partial charge in [-0.3, -0.25) is 0 Å². The number of ether oxygens (including phenoxy) is 2. The van der Waals surface area contributed by atoms with Crippen molar-refractivity contribution in [1.29, 1.82) is 0 Å². The molecule has 3 nitrogen and oxygen atoms in total. The average Bonchev–Trinajstić information content (AvgIpc) is 2.27. The van der Waals surface area contributed by atoms with E-state index in [9.17, 15) is 0 Å². The fourth-order valence-corrected chi connectivity index (χ4v) is 1.33. The van der Waals surface area contributed by atoms with Gasteiger partial charge in [0.25, 0.3) is 0 Å². The molecule has 0 spiro atoms. The van der Waals surface area contributed by atoms with Crippen LogP contribution in [-0.2, 0) is 6.42 Å². The molecule has 0 aliphatic carbocycles. The second kappa shape index (κ2) is 5.92. The Morgan fingerprint density at radius 1 is 1.33 bits per heavy atom. The lowest BCUT2D eigenvalue weighted by Gasteiger charge is -2.09. The summed E-state index contributed by atoms with van der Waals surface area (Å²) in [6.45, 7) is 9.80. The van der Waals surface area contributed by atoms with E-state index in [0.717, 1.165) is 23.5 Å². The van der Waals surface area contributed by atoms with Crippen LogP contribution < -0.4 is 9.47 Å². The van der Waals surface area contributed by atoms with E-state index in [2.05, 4.69) is 4.85 Å². The molecule has 0 unspecified atom stereocenters. The summed E-state index contributed by atoms with van der Waals surface area (Å²) in [5.41, 5.74) is 1.11. The van der Waals surface area contributed by atoms with Crippen molar-refractivity contribution < 1.29 is 9.47 Å². The highest BCUT2D eigenvalue weighted by molar-refractivity contribution is 5.43. The molecule has 0 fully saturated rings. The van der Waals surface area contributed by atoms with Gasteiger partial charge in [-0.2, -0.15) is 0 Å². The molecular weight excluding hydrogens is 190 g/mol. The normalized spacial score (nSPS) is 9.40. The number of methoxy groups -OCH3 is 1. The van der Waals surface area contributed by atoms with Crippen molar-refractivity contribution in [2.75, 3.05) is 20.3 Å². The minimum Gasteiger partial charge on any atom is -0.493 e. The molecule has 0 radical (unpaired) electrons. The van der Waals surface area contributed by atoms with E-state index in [0.29, 0.717) is 13.2 Å². The van der Waals surface area contributed by atoms with Crippen molar-refractivity contribution >= 4 is 0 Å². The Balaban J connectivity index is 2.84. The van der Waals surface area contributed by atoms with Crippen molar-refractivity contribution in [3.05, 3.63) is 35.2 Å². The van der Waals surface area contributed by atoms with Crippen LogP contribution in [0, 0.1) is 6.57 Å². The minimum absolute atomic E-state index is 0.512. The number of hydrogen-bond acceptors (Lipinski definition) is 2. The number of nitrogens with zero attached hydrogens (tertiary/aromatic N) is 1. The van der Waals surface area contributed by atoms with Crippen LogP contribution in [-0.4, -0.2) is 20.3 Å². The maximum absolute atomic E-state index is 6.73. The lowest BCUT2D eigenvalue weighted by atomic mass is 10.1. The zero-order valence-corrected chi connectivity index (χ0v) is 9.12. The van der Waals surface area contributed by atoms with Gasteiger partial charge in [0.1, 0.15) is 0 Å². The molecule has 0 amide bonds. The summed E-state index contributed by atoms with van der Waals surface area (Å²) in [6.07, 6.45) is 0.758. The first-order valence-electron chi connectivity index (χ1n) is 4.94. The molecule has 0 saturated carbocycles. The number of benzene rings is 1. The van der Waals surface area contributed by atoms with E-state index in [1.54, 1.807) is 7.11 Å². The van der Waals surface area contributed by atoms with Crippen molar-refractivity contribution in [2.24, 2.45) is 0 Å². The second-order valence-electron chi connectivity index (χ2n) is 3.05. The maximum Gasteiger partial charge on any atom is 0.218 e. The van der Waals surface area contributed by atoms with Gasteiger partial charge in [0, 0.05) is 6.42 Å². The average molecular weight is 205 g/mol. The van der Waals surface area contributed by atoms with Crippen LogP contribution in [0.3, 0.4) is 0 Å². The smallest absolute Gasteiger partial charge is 0.218 e. The summed E-state index contributed by atoms with van der Waals surface area (Å²) >= 11 is 0. The Labute approximate surface area is 90.5 Å². The van der Waals surface area contributed by atoms with Gasteiger partial charge >= 0.3 is 0 Å². The molecule has 0 atom stereocenters. The van der Waals surface area contributed by atoms with Gasteiger partial charge in [0.2, 0.25) is 6.54 Å². The predicted molar refractivity (Wildman–Crippen MR) is 59.3 cm³/mol. The van der Waals surface area contributed by atoms with Crippen molar-refractivity contribution in [3.63, 3.8) is 0 Å².